The van der Waals surface area contributed by atoms with Crippen molar-refractivity contribution in [1.29, 1.82) is 0 Å². The van der Waals surface area contributed by atoms with E-state index in [0.717, 1.165) is 12.8 Å². The largest absolute Gasteiger partial charge is 0.356 e. The summed E-state index contributed by atoms with van der Waals surface area (Å²) in [7, 11) is 0. The van der Waals surface area contributed by atoms with Crippen LogP contribution >= 0.6 is 11.6 Å². The number of aliphatic hydroxyl groups excluding tert-OH is 1. The lowest BCUT2D eigenvalue weighted by atomic mass is 10.2. The number of halogens is 1. The molecule has 1 aromatic rings. The van der Waals surface area contributed by atoms with E-state index in [1.807, 2.05) is 0 Å². The van der Waals surface area contributed by atoms with E-state index in [1.165, 1.54) is 0 Å². The number of unbranched alkanes of at least 4 members (excludes halogenated alkanes) is 1. The number of hydrogen-bond donors (Lipinski definition) is 2. The van der Waals surface area contributed by atoms with Gasteiger partial charge in [-0.05, 0) is 18.0 Å². The third-order valence-electron chi connectivity index (χ3n) is 3.01. The minimum absolute atomic E-state index is 0.218. The number of amides is 1. The molecule has 1 amide bonds. The summed E-state index contributed by atoms with van der Waals surface area (Å²) in [5.41, 5.74) is 0.367. The van der Waals surface area contributed by atoms with Gasteiger partial charge in [0.2, 0.25) is 11.6 Å². The van der Waals surface area contributed by atoms with Crippen molar-refractivity contribution in [1.82, 2.24) is 14.9 Å². The van der Waals surface area contributed by atoms with E-state index in [-0.39, 0.29) is 11.2 Å². The molecule has 0 aromatic carbocycles. The van der Waals surface area contributed by atoms with Crippen molar-refractivity contribution in [3.63, 3.8) is 0 Å². The number of imidazole rings is 1. The third kappa shape index (κ3) is 2.46. The first-order valence-corrected chi connectivity index (χ1v) is 6.60. The van der Waals surface area contributed by atoms with Gasteiger partial charge < -0.3 is 19.9 Å². The molecule has 0 saturated carbocycles. The zero-order valence-corrected chi connectivity index (χ0v) is 11.5. The Labute approximate surface area is 116 Å². The van der Waals surface area contributed by atoms with Crippen LogP contribution in [0.3, 0.4) is 0 Å². The van der Waals surface area contributed by atoms with Crippen LogP contribution < -0.4 is 10.2 Å². The van der Waals surface area contributed by atoms with Crippen LogP contribution in [0.15, 0.2) is 12.7 Å². The van der Waals surface area contributed by atoms with Gasteiger partial charge in [-0.25, -0.2) is 0 Å². The third-order valence-corrected chi connectivity index (χ3v) is 3.30. The number of fused-ring (bicyclic) bond motifs is 1. The van der Waals surface area contributed by atoms with Gasteiger partial charge in [-0.2, -0.15) is 4.98 Å². The van der Waals surface area contributed by atoms with Crippen LogP contribution in [-0.2, 0) is 6.54 Å². The molecule has 1 atom stereocenters. The van der Waals surface area contributed by atoms with Crippen LogP contribution in [0, 0.1) is 0 Å². The maximum absolute atomic E-state index is 12.0. The predicted molar refractivity (Wildman–Crippen MR) is 73.2 cm³/mol. The number of carbonyl (C=O) groups excluding carboxylic acids is 1. The standard InChI is InChI=1S/C12H17ClN4O2/c1-3-5-7-17-9-8(10(18)15-12(17)19)16(6-4-2)11(13)14-9/h4,12,19H,2-3,5-7H2,1H3,(H,15,18). The minimum atomic E-state index is -1.06. The molecule has 2 heterocycles. The van der Waals surface area contributed by atoms with E-state index in [4.69, 9.17) is 11.6 Å². The SMILES string of the molecule is C=CCn1c(Cl)nc2c1C(=O)NC(O)N2CCCC. The number of hydrogen-bond acceptors (Lipinski definition) is 4. The van der Waals surface area contributed by atoms with Gasteiger partial charge in [-0.1, -0.05) is 19.4 Å². The highest BCUT2D eigenvalue weighted by molar-refractivity contribution is 6.29. The van der Waals surface area contributed by atoms with Gasteiger partial charge in [-0.15, -0.1) is 6.58 Å². The number of aliphatic hydroxyl groups is 1. The van der Waals surface area contributed by atoms with Crippen molar-refractivity contribution in [3.8, 4) is 0 Å². The van der Waals surface area contributed by atoms with Gasteiger partial charge in [-0.3, -0.25) is 4.79 Å². The van der Waals surface area contributed by atoms with Crippen LogP contribution in [-0.4, -0.2) is 33.5 Å². The summed E-state index contributed by atoms with van der Waals surface area (Å²) in [5, 5.41) is 12.6. The second-order valence-corrected chi connectivity index (χ2v) is 4.68. The highest BCUT2D eigenvalue weighted by atomic mass is 35.5. The van der Waals surface area contributed by atoms with Gasteiger partial charge in [0, 0.05) is 13.1 Å². The van der Waals surface area contributed by atoms with Crippen LogP contribution in [0.1, 0.15) is 30.3 Å². The molecule has 7 heteroatoms. The highest BCUT2D eigenvalue weighted by Crippen LogP contribution is 2.28. The maximum atomic E-state index is 12.0. The molecule has 0 aliphatic carbocycles. The summed E-state index contributed by atoms with van der Waals surface area (Å²) in [5.74, 6) is 0.0491. The number of carbonyl (C=O) groups is 1. The van der Waals surface area contributed by atoms with Crippen molar-refractivity contribution in [2.24, 2.45) is 0 Å². The van der Waals surface area contributed by atoms with E-state index in [2.05, 4.69) is 23.8 Å². The normalized spacial score (nSPS) is 18.2. The summed E-state index contributed by atoms with van der Waals surface area (Å²) in [4.78, 5) is 17.8. The smallest absolute Gasteiger partial charge is 0.275 e. The van der Waals surface area contributed by atoms with Gasteiger partial charge in [0.25, 0.3) is 5.91 Å². The number of nitrogens with zero attached hydrogens (tertiary/aromatic N) is 3. The monoisotopic (exact) mass is 284 g/mol. The Balaban J connectivity index is 2.43. The number of rotatable bonds is 5. The van der Waals surface area contributed by atoms with E-state index < -0.39 is 6.35 Å². The molecular weight excluding hydrogens is 268 g/mol. The quantitative estimate of drug-likeness (QED) is 0.801. The molecule has 0 fully saturated rings. The Morgan fingerprint density at radius 2 is 2.37 bits per heavy atom. The zero-order valence-electron chi connectivity index (χ0n) is 10.8. The number of allylic oxidation sites excluding steroid dienone is 1. The van der Waals surface area contributed by atoms with Gasteiger partial charge in [0.05, 0.1) is 0 Å². The second kappa shape index (κ2) is 5.63. The van der Waals surface area contributed by atoms with Crippen LogP contribution in [0.5, 0.6) is 0 Å². The molecule has 0 radical (unpaired) electrons. The van der Waals surface area contributed by atoms with Gasteiger partial charge in [0.15, 0.2) is 11.5 Å². The Morgan fingerprint density at radius 1 is 1.63 bits per heavy atom. The summed E-state index contributed by atoms with van der Waals surface area (Å²) < 4.78 is 1.57. The number of nitrogens with one attached hydrogen (secondary N) is 1. The van der Waals surface area contributed by atoms with E-state index in [0.29, 0.717) is 24.6 Å². The Kier molecular flexibility index (Phi) is 4.11. The fourth-order valence-corrected chi connectivity index (χ4v) is 2.30. The molecule has 1 aliphatic rings. The first-order valence-electron chi connectivity index (χ1n) is 6.22. The highest BCUT2D eigenvalue weighted by Gasteiger charge is 2.34. The maximum Gasteiger partial charge on any atom is 0.275 e. The van der Waals surface area contributed by atoms with Crippen LogP contribution in [0.2, 0.25) is 5.28 Å². The molecule has 0 bridgehead atoms. The first kappa shape index (κ1) is 13.9. The van der Waals surface area contributed by atoms with E-state index >= 15 is 0 Å². The molecule has 0 saturated heterocycles. The van der Waals surface area contributed by atoms with Crippen LogP contribution in [0.4, 0.5) is 5.82 Å². The van der Waals surface area contributed by atoms with Crippen molar-refractivity contribution in [2.75, 3.05) is 11.4 Å². The second-order valence-electron chi connectivity index (χ2n) is 4.35. The number of anilines is 1. The van der Waals surface area contributed by atoms with Crippen LogP contribution in [0.25, 0.3) is 0 Å². The molecule has 0 spiro atoms. The topological polar surface area (TPSA) is 70.4 Å². The molecule has 2 N–H and O–H groups in total. The van der Waals surface area contributed by atoms with Crippen molar-refractivity contribution < 1.29 is 9.90 Å². The van der Waals surface area contributed by atoms with Crippen molar-refractivity contribution in [3.05, 3.63) is 23.6 Å². The zero-order chi connectivity index (χ0) is 14.0. The van der Waals surface area contributed by atoms with Crippen molar-refractivity contribution >= 4 is 23.3 Å². The summed E-state index contributed by atoms with van der Waals surface area (Å²) in [6.45, 7) is 6.69. The predicted octanol–water partition coefficient (Wildman–Crippen LogP) is 1.35. The van der Waals surface area contributed by atoms with Gasteiger partial charge in [0.1, 0.15) is 0 Å². The molecule has 1 aromatic heterocycles. The fraction of sp³-hybridized carbons (Fsp3) is 0.500. The molecule has 2 rings (SSSR count). The Hall–Kier alpha value is -1.53. The lowest BCUT2D eigenvalue weighted by Crippen LogP contribution is -2.53. The Morgan fingerprint density at radius 3 is 3.00 bits per heavy atom. The molecule has 1 unspecified atom stereocenters. The lowest BCUT2D eigenvalue weighted by Gasteiger charge is -2.33. The molecule has 104 valence electrons. The summed E-state index contributed by atoms with van der Waals surface area (Å²) in [6, 6.07) is 0. The average molecular weight is 285 g/mol. The average Bonchev–Trinajstić information content (AvgIpc) is 2.67. The van der Waals surface area contributed by atoms with Crippen molar-refractivity contribution in [2.45, 2.75) is 32.7 Å². The first-order chi connectivity index (χ1) is 9.10. The lowest BCUT2D eigenvalue weighted by molar-refractivity contribution is 0.0731. The minimum Gasteiger partial charge on any atom is -0.356 e. The summed E-state index contributed by atoms with van der Waals surface area (Å²) in [6.07, 6.45) is 2.45. The van der Waals surface area contributed by atoms with E-state index in [1.54, 1.807) is 15.5 Å². The number of aromatic nitrogens is 2. The van der Waals surface area contributed by atoms with Gasteiger partial charge >= 0.3 is 0 Å². The molecular formula is C12H17ClN4O2. The molecule has 1 aliphatic heterocycles. The summed E-state index contributed by atoms with van der Waals surface area (Å²) >= 11 is 6.04. The Bertz CT molecular complexity index is 500. The fourth-order valence-electron chi connectivity index (χ4n) is 2.07. The molecule has 6 nitrogen and oxygen atoms in total. The molecule has 19 heavy (non-hydrogen) atoms. The van der Waals surface area contributed by atoms with E-state index in [9.17, 15) is 9.90 Å².